The molecule has 0 amide bonds. The van der Waals surface area contributed by atoms with Crippen LogP contribution in [0, 0.1) is 0 Å². The number of rotatable bonds is 2. The molecule has 0 unspecified atom stereocenters. The van der Waals surface area contributed by atoms with Crippen LogP contribution < -0.4 is 4.74 Å². The topological polar surface area (TPSA) is 26.5 Å². The van der Waals surface area contributed by atoms with Gasteiger partial charge in [-0.1, -0.05) is 0 Å². The molecule has 0 saturated carbocycles. The Kier molecular flexibility index (Phi) is 1.84. The van der Waals surface area contributed by atoms with Crippen LogP contribution in [0.15, 0.2) is 30.7 Å². The minimum Gasteiger partial charge on any atom is -0.431 e. The van der Waals surface area contributed by atoms with Gasteiger partial charge in [-0.05, 0) is 12.1 Å². The van der Waals surface area contributed by atoms with Crippen molar-refractivity contribution in [1.29, 1.82) is 0 Å². The standard InChI is InChI=1S/C8H6F2N2O/c9-8(10)13-6-2-1-4-12-5-3-11-7(6)12/h1-5,8H. The number of ether oxygens (including phenoxy) is 1. The molecule has 0 aliphatic carbocycles. The molecule has 0 bridgehead atoms. The van der Waals surface area contributed by atoms with E-state index in [1.807, 2.05) is 0 Å². The smallest absolute Gasteiger partial charge is 0.387 e. The average Bonchev–Trinajstić information content (AvgIpc) is 2.51. The lowest BCUT2D eigenvalue weighted by atomic mass is 10.4. The molecule has 0 aliphatic heterocycles. The van der Waals surface area contributed by atoms with Crippen molar-refractivity contribution in [2.75, 3.05) is 0 Å². The molecule has 0 N–H and O–H groups in total. The summed E-state index contributed by atoms with van der Waals surface area (Å²) in [5, 5.41) is 0. The summed E-state index contributed by atoms with van der Waals surface area (Å²) in [7, 11) is 0. The summed E-state index contributed by atoms with van der Waals surface area (Å²) in [6.45, 7) is -2.82. The van der Waals surface area contributed by atoms with Crippen molar-refractivity contribution in [1.82, 2.24) is 9.38 Å². The molecule has 5 heteroatoms. The minimum absolute atomic E-state index is 0.0856. The highest BCUT2D eigenvalue weighted by Crippen LogP contribution is 2.19. The molecule has 0 spiro atoms. The first-order chi connectivity index (χ1) is 6.27. The number of hydrogen-bond donors (Lipinski definition) is 0. The van der Waals surface area contributed by atoms with Crippen LogP contribution in [0.5, 0.6) is 5.75 Å². The lowest BCUT2D eigenvalue weighted by Gasteiger charge is -2.04. The molecule has 3 nitrogen and oxygen atoms in total. The van der Waals surface area contributed by atoms with E-state index < -0.39 is 6.61 Å². The van der Waals surface area contributed by atoms with Crippen molar-refractivity contribution in [3.63, 3.8) is 0 Å². The molecule has 13 heavy (non-hydrogen) atoms. The van der Waals surface area contributed by atoms with E-state index >= 15 is 0 Å². The lowest BCUT2D eigenvalue weighted by Crippen LogP contribution is -2.03. The molecule has 0 aliphatic rings. The summed E-state index contributed by atoms with van der Waals surface area (Å²) in [6, 6.07) is 3.07. The summed E-state index contributed by atoms with van der Waals surface area (Å²) < 4.78 is 29.7. The summed E-state index contributed by atoms with van der Waals surface area (Å²) in [6.07, 6.45) is 4.89. The Balaban J connectivity index is 2.48. The number of nitrogens with zero attached hydrogens (tertiary/aromatic N) is 2. The van der Waals surface area contributed by atoms with Gasteiger partial charge in [0.25, 0.3) is 0 Å². The van der Waals surface area contributed by atoms with Crippen LogP contribution in [0.1, 0.15) is 0 Å². The maximum atomic E-state index is 11.9. The van der Waals surface area contributed by atoms with Gasteiger partial charge >= 0.3 is 6.61 Å². The molecule has 0 atom stereocenters. The average molecular weight is 184 g/mol. The second-order valence-electron chi connectivity index (χ2n) is 2.41. The number of pyridine rings is 1. The van der Waals surface area contributed by atoms with E-state index in [-0.39, 0.29) is 5.75 Å². The van der Waals surface area contributed by atoms with E-state index in [1.165, 1.54) is 12.3 Å². The fourth-order valence-electron chi connectivity index (χ4n) is 1.11. The second-order valence-corrected chi connectivity index (χ2v) is 2.41. The van der Waals surface area contributed by atoms with Crippen LogP contribution in [0.25, 0.3) is 5.65 Å². The van der Waals surface area contributed by atoms with Crippen LogP contribution in [-0.4, -0.2) is 16.0 Å². The molecular formula is C8H6F2N2O. The van der Waals surface area contributed by atoms with Crippen molar-refractivity contribution < 1.29 is 13.5 Å². The summed E-state index contributed by atoms with van der Waals surface area (Å²) in [5.74, 6) is 0.0856. The fourth-order valence-corrected chi connectivity index (χ4v) is 1.11. The van der Waals surface area contributed by atoms with E-state index in [2.05, 4.69) is 9.72 Å². The maximum Gasteiger partial charge on any atom is 0.387 e. The molecule has 0 radical (unpaired) electrons. The Bertz CT molecular complexity index is 413. The largest absolute Gasteiger partial charge is 0.431 e. The van der Waals surface area contributed by atoms with Gasteiger partial charge in [0.15, 0.2) is 11.4 Å². The first-order valence-electron chi connectivity index (χ1n) is 3.64. The molecule has 2 heterocycles. The molecule has 68 valence electrons. The fraction of sp³-hybridized carbons (Fsp3) is 0.125. The van der Waals surface area contributed by atoms with E-state index in [0.717, 1.165) is 0 Å². The van der Waals surface area contributed by atoms with E-state index in [0.29, 0.717) is 5.65 Å². The van der Waals surface area contributed by atoms with Gasteiger partial charge in [-0.3, -0.25) is 0 Å². The molecule has 0 saturated heterocycles. The van der Waals surface area contributed by atoms with E-state index in [9.17, 15) is 8.78 Å². The van der Waals surface area contributed by atoms with Crippen molar-refractivity contribution in [2.45, 2.75) is 6.61 Å². The van der Waals surface area contributed by atoms with Crippen molar-refractivity contribution >= 4 is 5.65 Å². The Labute approximate surface area is 72.6 Å². The monoisotopic (exact) mass is 184 g/mol. The van der Waals surface area contributed by atoms with Crippen LogP contribution in [0.2, 0.25) is 0 Å². The van der Waals surface area contributed by atoms with Crippen LogP contribution in [-0.2, 0) is 0 Å². The van der Waals surface area contributed by atoms with Crippen molar-refractivity contribution in [3.8, 4) is 5.75 Å². The van der Waals surface area contributed by atoms with Gasteiger partial charge in [-0.25, -0.2) is 4.98 Å². The molecule has 0 aromatic carbocycles. The predicted molar refractivity (Wildman–Crippen MR) is 41.8 cm³/mol. The number of fused-ring (bicyclic) bond motifs is 1. The van der Waals surface area contributed by atoms with Gasteiger partial charge in [-0.2, -0.15) is 8.78 Å². The Morgan fingerprint density at radius 3 is 3.00 bits per heavy atom. The predicted octanol–water partition coefficient (Wildman–Crippen LogP) is 1.94. The minimum atomic E-state index is -2.82. The van der Waals surface area contributed by atoms with Crippen LogP contribution >= 0.6 is 0 Å². The Morgan fingerprint density at radius 2 is 2.23 bits per heavy atom. The molecule has 2 rings (SSSR count). The van der Waals surface area contributed by atoms with Gasteiger partial charge in [0, 0.05) is 18.6 Å². The van der Waals surface area contributed by atoms with Crippen molar-refractivity contribution in [3.05, 3.63) is 30.7 Å². The second kappa shape index (κ2) is 3.01. The molecule has 2 aromatic rings. The summed E-state index contributed by atoms with van der Waals surface area (Å²) >= 11 is 0. The van der Waals surface area contributed by atoms with E-state index in [1.54, 1.807) is 22.9 Å². The summed E-state index contributed by atoms with van der Waals surface area (Å²) in [5.41, 5.74) is 0.391. The Hall–Kier alpha value is -1.65. The van der Waals surface area contributed by atoms with Crippen molar-refractivity contribution in [2.24, 2.45) is 0 Å². The van der Waals surface area contributed by atoms with Gasteiger partial charge in [-0.15, -0.1) is 0 Å². The SMILES string of the molecule is FC(F)Oc1cccn2ccnc12. The number of hydrogen-bond acceptors (Lipinski definition) is 2. The highest BCUT2D eigenvalue weighted by Gasteiger charge is 2.08. The number of alkyl halides is 2. The molecular weight excluding hydrogens is 178 g/mol. The third-order valence-corrected chi connectivity index (χ3v) is 1.60. The summed E-state index contributed by atoms with van der Waals surface area (Å²) in [4.78, 5) is 3.88. The highest BCUT2D eigenvalue weighted by atomic mass is 19.3. The highest BCUT2D eigenvalue weighted by molar-refractivity contribution is 5.53. The maximum absolute atomic E-state index is 11.9. The number of halogens is 2. The third kappa shape index (κ3) is 1.44. The third-order valence-electron chi connectivity index (χ3n) is 1.60. The first-order valence-corrected chi connectivity index (χ1v) is 3.64. The zero-order chi connectivity index (χ0) is 9.26. The normalized spacial score (nSPS) is 11.0. The quantitative estimate of drug-likeness (QED) is 0.712. The van der Waals surface area contributed by atoms with Gasteiger partial charge in [0.1, 0.15) is 0 Å². The zero-order valence-electron chi connectivity index (χ0n) is 6.52. The lowest BCUT2D eigenvalue weighted by molar-refractivity contribution is -0.0491. The number of imidazole rings is 1. The molecule has 2 aromatic heterocycles. The number of aromatic nitrogens is 2. The van der Waals surface area contributed by atoms with Gasteiger partial charge in [0.2, 0.25) is 0 Å². The zero-order valence-corrected chi connectivity index (χ0v) is 6.52. The van der Waals surface area contributed by atoms with Crippen LogP contribution in [0.3, 0.4) is 0 Å². The Morgan fingerprint density at radius 1 is 1.38 bits per heavy atom. The van der Waals surface area contributed by atoms with E-state index in [4.69, 9.17) is 0 Å². The van der Waals surface area contributed by atoms with Gasteiger partial charge < -0.3 is 9.14 Å². The molecule has 0 fully saturated rings. The first kappa shape index (κ1) is 7.97. The van der Waals surface area contributed by atoms with Crippen LogP contribution in [0.4, 0.5) is 8.78 Å². The van der Waals surface area contributed by atoms with Gasteiger partial charge in [0.05, 0.1) is 0 Å².